The zero-order valence-corrected chi connectivity index (χ0v) is 21.4. The third kappa shape index (κ3) is 4.72. The molecule has 1 atom stereocenters. The van der Waals surface area contributed by atoms with Crippen molar-refractivity contribution in [3.05, 3.63) is 58.0 Å². The molecule has 9 heteroatoms. The van der Waals surface area contributed by atoms with E-state index in [4.69, 9.17) is 9.84 Å². The molecule has 2 aliphatic heterocycles. The van der Waals surface area contributed by atoms with Gasteiger partial charge in [-0.3, -0.25) is 19.3 Å². The molecule has 37 heavy (non-hydrogen) atoms. The summed E-state index contributed by atoms with van der Waals surface area (Å²) in [4.78, 5) is 46.1. The zero-order chi connectivity index (χ0) is 26.5. The molecule has 1 N–H and O–H groups in total. The van der Waals surface area contributed by atoms with Crippen LogP contribution in [0.2, 0.25) is 0 Å². The number of aryl methyl sites for hydroxylation is 1. The predicted octanol–water partition coefficient (Wildman–Crippen LogP) is 2.71. The van der Waals surface area contributed by atoms with Crippen molar-refractivity contribution < 1.29 is 28.6 Å². The molecule has 1 aromatic carbocycles. The quantitative estimate of drug-likeness (QED) is 0.613. The van der Waals surface area contributed by atoms with Gasteiger partial charge in [-0.05, 0) is 47.1 Å². The number of nitrogens with zero attached hydrogens (tertiary/aromatic N) is 3. The summed E-state index contributed by atoms with van der Waals surface area (Å²) < 4.78 is 20.4. The lowest BCUT2D eigenvalue weighted by Crippen LogP contribution is -2.57. The fourth-order valence-electron chi connectivity index (χ4n) is 6.10. The number of pyridine rings is 1. The Morgan fingerprint density at radius 3 is 2.65 bits per heavy atom. The molecule has 0 radical (unpaired) electrons. The van der Waals surface area contributed by atoms with Crippen molar-refractivity contribution in [3.63, 3.8) is 0 Å². The Kier molecular flexibility index (Phi) is 6.52. The van der Waals surface area contributed by atoms with Gasteiger partial charge in [0, 0.05) is 44.1 Å². The van der Waals surface area contributed by atoms with Gasteiger partial charge in [0.25, 0.3) is 0 Å². The number of likely N-dealkylation sites (tertiary alicyclic amines) is 1. The van der Waals surface area contributed by atoms with Crippen LogP contribution in [0, 0.1) is 11.7 Å². The molecule has 1 aromatic heterocycles. The van der Waals surface area contributed by atoms with Crippen molar-refractivity contribution in [3.8, 4) is 5.88 Å². The lowest BCUT2D eigenvalue weighted by Gasteiger charge is -2.43. The van der Waals surface area contributed by atoms with Crippen molar-refractivity contribution in [2.45, 2.75) is 51.0 Å². The third-order valence-corrected chi connectivity index (χ3v) is 7.95. The van der Waals surface area contributed by atoms with Crippen molar-refractivity contribution in [2.75, 3.05) is 33.3 Å². The SMILES string of the molecule is COc1ccc2c(n1)CCN(C(=O)C1CN(CC(=O)O)C1)[C@H]2C(=O)Cc1cc(F)c2c(c1)CCC2(C)C. The minimum atomic E-state index is -0.934. The second kappa shape index (κ2) is 9.52. The summed E-state index contributed by atoms with van der Waals surface area (Å²) in [5.74, 6) is -1.49. The van der Waals surface area contributed by atoms with E-state index in [2.05, 4.69) is 4.98 Å². The molecule has 196 valence electrons. The molecule has 1 saturated heterocycles. The second-order valence-corrected chi connectivity index (χ2v) is 11.0. The molecule has 0 unspecified atom stereocenters. The molecule has 8 nitrogen and oxygen atoms in total. The number of Topliss-reactive ketones (excluding diaryl/α,β-unsaturated/α-hetero) is 1. The van der Waals surface area contributed by atoms with Gasteiger partial charge in [-0.1, -0.05) is 19.9 Å². The van der Waals surface area contributed by atoms with Crippen molar-refractivity contribution >= 4 is 17.7 Å². The molecule has 0 saturated carbocycles. The summed E-state index contributed by atoms with van der Waals surface area (Å²) in [5.41, 5.74) is 3.44. The van der Waals surface area contributed by atoms with Crippen LogP contribution in [0.15, 0.2) is 24.3 Å². The molecule has 1 amide bonds. The van der Waals surface area contributed by atoms with Gasteiger partial charge in [0.2, 0.25) is 11.8 Å². The molecule has 0 spiro atoms. The first kappa shape index (κ1) is 25.3. The Morgan fingerprint density at radius 2 is 1.95 bits per heavy atom. The Balaban J connectivity index is 1.42. The van der Waals surface area contributed by atoms with E-state index in [1.165, 1.54) is 13.2 Å². The van der Waals surface area contributed by atoms with Gasteiger partial charge in [-0.25, -0.2) is 9.37 Å². The van der Waals surface area contributed by atoms with Crippen LogP contribution in [0.25, 0.3) is 0 Å². The van der Waals surface area contributed by atoms with Gasteiger partial charge >= 0.3 is 5.97 Å². The summed E-state index contributed by atoms with van der Waals surface area (Å²) in [7, 11) is 1.53. The van der Waals surface area contributed by atoms with Crippen LogP contribution >= 0.6 is 0 Å². The number of benzene rings is 1. The fourth-order valence-corrected chi connectivity index (χ4v) is 6.10. The molecule has 1 fully saturated rings. The number of hydrogen-bond acceptors (Lipinski definition) is 6. The number of ether oxygens (including phenoxy) is 1. The van der Waals surface area contributed by atoms with E-state index in [1.807, 2.05) is 19.9 Å². The molecule has 3 aliphatic rings. The van der Waals surface area contributed by atoms with Crippen LogP contribution in [0.3, 0.4) is 0 Å². The molecule has 2 aromatic rings. The average molecular weight is 510 g/mol. The van der Waals surface area contributed by atoms with Gasteiger partial charge in [0.15, 0.2) is 5.78 Å². The minimum Gasteiger partial charge on any atom is -0.481 e. The summed E-state index contributed by atoms with van der Waals surface area (Å²) >= 11 is 0. The van der Waals surface area contributed by atoms with Crippen molar-refractivity contribution in [1.82, 2.24) is 14.8 Å². The number of rotatable bonds is 7. The fraction of sp³-hybridized carbons (Fsp3) is 0.500. The summed E-state index contributed by atoms with van der Waals surface area (Å²) in [6.07, 6.45) is 2.12. The van der Waals surface area contributed by atoms with Crippen molar-refractivity contribution in [1.29, 1.82) is 0 Å². The highest BCUT2D eigenvalue weighted by molar-refractivity contribution is 5.93. The van der Waals surface area contributed by atoms with E-state index in [0.717, 1.165) is 24.0 Å². The highest BCUT2D eigenvalue weighted by Gasteiger charge is 2.43. The van der Waals surface area contributed by atoms with E-state index in [9.17, 15) is 14.4 Å². The minimum absolute atomic E-state index is 0.000348. The summed E-state index contributed by atoms with van der Waals surface area (Å²) in [6.45, 7) is 4.98. The molecule has 5 rings (SSSR count). The Bertz CT molecular complexity index is 1270. The third-order valence-electron chi connectivity index (χ3n) is 7.95. The topological polar surface area (TPSA) is 100 Å². The standard InChI is InChI=1S/C28H32FN3O5/c1-28(2)8-6-17-10-16(11-20(29)25(17)28)12-22(33)26-19-4-5-23(37-3)30-21(19)7-9-32(26)27(36)18-13-31(14-18)15-24(34)35/h4-5,10-11,18,26H,6-9,12-15H2,1-3H3,(H,34,35)/t26-/m1/s1. The van der Waals surface area contributed by atoms with Crippen LogP contribution in [0.4, 0.5) is 4.39 Å². The first-order chi connectivity index (χ1) is 17.6. The number of ketones is 1. The molecule has 1 aliphatic carbocycles. The van der Waals surface area contributed by atoms with Crippen LogP contribution in [-0.4, -0.2) is 70.8 Å². The number of methoxy groups -OCH3 is 1. The highest BCUT2D eigenvalue weighted by Crippen LogP contribution is 2.41. The number of aliphatic carboxylic acids is 1. The van der Waals surface area contributed by atoms with Gasteiger partial charge in [0.05, 0.1) is 25.3 Å². The number of carbonyl (C=O) groups excluding carboxylic acids is 2. The largest absolute Gasteiger partial charge is 0.481 e. The maximum atomic E-state index is 15.1. The normalized spacial score (nSPS) is 20.6. The maximum Gasteiger partial charge on any atom is 0.317 e. The number of aromatic nitrogens is 1. The second-order valence-electron chi connectivity index (χ2n) is 11.0. The van der Waals surface area contributed by atoms with E-state index in [1.54, 1.807) is 21.9 Å². The molecular weight excluding hydrogens is 477 g/mol. The Hall–Kier alpha value is -3.33. The average Bonchev–Trinajstić information content (AvgIpc) is 3.13. The number of carbonyl (C=O) groups is 3. The highest BCUT2D eigenvalue weighted by atomic mass is 19.1. The number of halogens is 1. The molecule has 0 bridgehead atoms. The number of hydrogen-bond donors (Lipinski definition) is 1. The van der Waals surface area contributed by atoms with Crippen LogP contribution < -0.4 is 4.74 Å². The number of amides is 1. The number of carboxylic acid groups (broad SMARTS) is 1. The molecular formula is C28H32FN3O5. The maximum absolute atomic E-state index is 15.1. The van der Waals surface area contributed by atoms with Crippen LogP contribution in [-0.2, 0) is 39.1 Å². The lowest BCUT2D eigenvalue weighted by atomic mass is 9.85. The van der Waals surface area contributed by atoms with E-state index >= 15 is 4.39 Å². The van der Waals surface area contributed by atoms with E-state index < -0.39 is 12.0 Å². The van der Waals surface area contributed by atoms with Crippen LogP contribution in [0.1, 0.15) is 54.3 Å². The van der Waals surface area contributed by atoms with E-state index in [-0.39, 0.29) is 41.8 Å². The lowest BCUT2D eigenvalue weighted by molar-refractivity contribution is -0.151. The summed E-state index contributed by atoms with van der Waals surface area (Å²) in [6, 6.07) is 6.02. The monoisotopic (exact) mass is 509 g/mol. The van der Waals surface area contributed by atoms with Crippen molar-refractivity contribution in [2.24, 2.45) is 5.92 Å². The first-order valence-electron chi connectivity index (χ1n) is 12.7. The van der Waals surface area contributed by atoms with Gasteiger partial charge in [-0.15, -0.1) is 0 Å². The smallest absolute Gasteiger partial charge is 0.317 e. The molecule has 3 heterocycles. The van der Waals surface area contributed by atoms with Crippen LogP contribution in [0.5, 0.6) is 5.88 Å². The predicted molar refractivity (Wildman–Crippen MR) is 133 cm³/mol. The Labute approximate surface area is 215 Å². The first-order valence-corrected chi connectivity index (χ1v) is 12.7. The van der Waals surface area contributed by atoms with E-state index in [0.29, 0.717) is 48.8 Å². The number of fused-ring (bicyclic) bond motifs is 2. The van der Waals surface area contributed by atoms with Gasteiger partial charge < -0.3 is 14.7 Å². The zero-order valence-electron chi connectivity index (χ0n) is 21.4. The number of carboxylic acids is 1. The summed E-state index contributed by atoms with van der Waals surface area (Å²) in [5, 5.41) is 9.01. The van der Waals surface area contributed by atoms with Gasteiger partial charge in [0.1, 0.15) is 11.9 Å². The van der Waals surface area contributed by atoms with Gasteiger partial charge in [-0.2, -0.15) is 0 Å². The Morgan fingerprint density at radius 1 is 1.19 bits per heavy atom.